The number of hydrogen-bond acceptors (Lipinski definition) is 5. The van der Waals surface area contributed by atoms with Crippen molar-refractivity contribution in [2.75, 3.05) is 12.4 Å². The number of benzene rings is 2. The standard InChI is InChI=1S/C25H25N3O3/c1-23(2)24(3)13-14-25(23,20-19(24)27-17-7-5-6-8-18(17)28-20)22(30)26-16-11-9-15(10-12-16)21(29)31-4/h5-12H,13-14H2,1-4H3,(H,26,30)/t24-,25+/m0/s1. The zero-order chi connectivity index (χ0) is 22.0. The maximum absolute atomic E-state index is 13.9. The van der Waals surface area contributed by atoms with E-state index >= 15 is 0 Å². The number of ether oxygens (including phenoxy) is 1. The van der Waals surface area contributed by atoms with E-state index in [0.717, 1.165) is 35.3 Å². The van der Waals surface area contributed by atoms with Crippen molar-refractivity contribution < 1.29 is 14.3 Å². The SMILES string of the molecule is COC(=O)c1ccc(NC(=O)[C@@]23CC[C@@](C)(c4nc5ccccc5nc42)C3(C)C)cc1. The van der Waals surface area contributed by atoms with Crippen molar-refractivity contribution in [2.45, 2.75) is 44.4 Å². The molecule has 2 aromatic carbocycles. The summed E-state index contributed by atoms with van der Waals surface area (Å²) < 4.78 is 4.75. The Balaban J connectivity index is 1.59. The average Bonchev–Trinajstić information content (AvgIpc) is 3.07. The molecule has 1 aromatic heterocycles. The lowest BCUT2D eigenvalue weighted by molar-refractivity contribution is -0.125. The zero-order valence-corrected chi connectivity index (χ0v) is 18.2. The number of fused-ring (bicyclic) bond motifs is 6. The molecule has 3 aromatic rings. The molecule has 0 radical (unpaired) electrons. The number of hydrogen-bond donors (Lipinski definition) is 1. The summed E-state index contributed by atoms with van der Waals surface area (Å²) in [6, 6.07) is 14.6. The molecule has 2 atom stereocenters. The number of esters is 1. The lowest BCUT2D eigenvalue weighted by atomic mass is 9.63. The average molecular weight is 415 g/mol. The van der Waals surface area contributed by atoms with Crippen LogP contribution in [0.25, 0.3) is 11.0 Å². The number of rotatable bonds is 3. The molecule has 1 saturated carbocycles. The lowest BCUT2D eigenvalue weighted by Crippen LogP contribution is -2.48. The Morgan fingerprint density at radius 1 is 0.903 bits per heavy atom. The molecule has 2 aliphatic carbocycles. The minimum absolute atomic E-state index is 0.0737. The van der Waals surface area contributed by atoms with Crippen molar-refractivity contribution in [2.24, 2.45) is 5.41 Å². The summed E-state index contributed by atoms with van der Waals surface area (Å²) in [5, 5.41) is 3.09. The molecule has 1 fully saturated rings. The molecule has 6 nitrogen and oxygen atoms in total. The van der Waals surface area contributed by atoms with Crippen molar-refractivity contribution in [3.8, 4) is 0 Å². The van der Waals surface area contributed by atoms with Crippen molar-refractivity contribution in [1.82, 2.24) is 9.97 Å². The van der Waals surface area contributed by atoms with Crippen LogP contribution in [0.2, 0.25) is 0 Å². The van der Waals surface area contributed by atoms with Gasteiger partial charge in [0.15, 0.2) is 0 Å². The predicted octanol–water partition coefficient (Wildman–Crippen LogP) is 4.38. The maximum atomic E-state index is 13.9. The van der Waals surface area contributed by atoms with Gasteiger partial charge in [-0.05, 0) is 54.7 Å². The number of nitrogens with one attached hydrogen (secondary N) is 1. The molecule has 1 amide bonds. The smallest absolute Gasteiger partial charge is 0.337 e. The third kappa shape index (κ3) is 2.39. The van der Waals surface area contributed by atoms with E-state index in [1.54, 1.807) is 24.3 Å². The first-order valence-electron chi connectivity index (χ1n) is 10.5. The first-order chi connectivity index (χ1) is 14.7. The summed E-state index contributed by atoms with van der Waals surface area (Å²) in [6.45, 7) is 6.53. The zero-order valence-electron chi connectivity index (χ0n) is 18.2. The number of carbonyl (C=O) groups excluding carboxylic acids is 2. The highest BCUT2D eigenvalue weighted by Crippen LogP contribution is 2.70. The van der Waals surface area contributed by atoms with Gasteiger partial charge in [-0.1, -0.05) is 32.9 Å². The quantitative estimate of drug-likeness (QED) is 0.642. The minimum atomic E-state index is -0.769. The fraction of sp³-hybridized carbons (Fsp3) is 0.360. The van der Waals surface area contributed by atoms with E-state index in [4.69, 9.17) is 14.7 Å². The molecular weight excluding hydrogens is 390 g/mol. The lowest BCUT2D eigenvalue weighted by Gasteiger charge is -2.39. The van der Waals surface area contributed by atoms with Gasteiger partial charge in [-0.25, -0.2) is 14.8 Å². The Morgan fingerprint density at radius 2 is 1.52 bits per heavy atom. The Morgan fingerprint density at radius 3 is 2.13 bits per heavy atom. The summed E-state index contributed by atoms with van der Waals surface area (Å²) in [7, 11) is 1.35. The van der Waals surface area contributed by atoms with Gasteiger partial charge < -0.3 is 10.1 Å². The fourth-order valence-corrected chi connectivity index (χ4v) is 5.59. The third-order valence-electron chi connectivity index (χ3n) is 7.90. The van der Waals surface area contributed by atoms with Crippen LogP contribution < -0.4 is 5.32 Å². The van der Waals surface area contributed by atoms with Crippen LogP contribution in [0.1, 0.15) is 55.4 Å². The number of amides is 1. The summed E-state index contributed by atoms with van der Waals surface area (Å²) in [5.74, 6) is -0.480. The number of anilines is 1. The minimum Gasteiger partial charge on any atom is -0.465 e. The Kier molecular flexibility index (Phi) is 4.04. The van der Waals surface area contributed by atoms with Crippen LogP contribution in [0.15, 0.2) is 48.5 Å². The van der Waals surface area contributed by atoms with Gasteiger partial charge in [0, 0.05) is 11.1 Å². The summed E-state index contributed by atoms with van der Waals surface area (Å²) >= 11 is 0. The van der Waals surface area contributed by atoms with Crippen LogP contribution in [-0.2, 0) is 20.4 Å². The number of nitrogens with zero attached hydrogens (tertiary/aromatic N) is 2. The second-order valence-corrected chi connectivity index (χ2v) is 9.30. The molecule has 1 heterocycles. The molecule has 0 saturated heterocycles. The monoisotopic (exact) mass is 415 g/mol. The van der Waals surface area contributed by atoms with Gasteiger partial charge >= 0.3 is 5.97 Å². The van der Waals surface area contributed by atoms with Gasteiger partial charge in [-0.15, -0.1) is 0 Å². The molecule has 0 unspecified atom stereocenters. The first-order valence-corrected chi connectivity index (χ1v) is 10.5. The van der Waals surface area contributed by atoms with E-state index in [2.05, 4.69) is 26.1 Å². The molecule has 6 heteroatoms. The second-order valence-electron chi connectivity index (χ2n) is 9.30. The molecule has 158 valence electrons. The Bertz CT molecular complexity index is 1230. The summed E-state index contributed by atoms with van der Waals surface area (Å²) in [5.41, 5.74) is 3.14. The van der Waals surface area contributed by atoms with Crippen LogP contribution >= 0.6 is 0 Å². The van der Waals surface area contributed by atoms with Gasteiger partial charge in [-0.3, -0.25) is 4.79 Å². The van der Waals surface area contributed by atoms with Gasteiger partial charge in [0.25, 0.3) is 0 Å². The number of carbonyl (C=O) groups is 2. The van der Waals surface area contributed by atoms with Crippen LogP contribution in [0.4, 0.5) is 5.69 Å². The Hall–Kier alpha value is -3.28. The fourth-order valence-electron chi connectivity index (χ4n) is 5.59. The van der Waals surface area contributed by atoms with E-state index < -0.39 is 11.4 Å². The van der Waals surface area contributed by atoms with E-state index in [-0.39, 0.29) is 16.7 Å². The van der Waals surface area contributed by atoms with Gasteiger partial charge in [-0.2, -0.15) is 0 Å². The second kappa shape index (κ2) is 6.36. The maximum Gasteiger partial charge on any atom is 0.337 e. The van der Waals surface area contributed by atoms with Crippen LogP contribution in [-0.4, -0.2) is 29.0 Å². The highest BCUT2D eigenvalue weighted by molar-refractivity contribution is 6.02. The first kappa shape index (κ1) is 19.7. The van der Waals surface area contributed by atoms with Gasteiger partial charge in [0.05, 0.1) is 40.5 Å². The Labute approximate surface area is 181 Å². The largest absolute Gasteiger partial charge is 0.465 e. The topological polar surface area (TPSA) is 81.2 Å². The normalized spacial score (nSPS) is 25.3. The summed E-state index contributed by atoms with van der Waals surface area (Å²) in [6.07, 6.45) is 1.61. The van der Waals surface area contributed by atoms with Crippen molar-refractivity contribution in [3.05, 3.63) is 65.5 Å². The van der Waals surface area contributed by atoms with Crippen molar-refractivity contribution >= 4 is 28.6 Å². The van der Waals surface area contributed by atoms with Gasteiger partial charge in [0.1, 0.15) is 0 Å². The van der Waals surface area contributed by atoms with Crippen LogP contribution in [0.3, 0.4) is 0 Å². The molecular formula is C25H25N3O3. The van der Waals surface area contributed by atoms with Crippen molar-refractivity contribution in [3.63, 3.8) is 0 Å². The van der Waals surface area contributed by atoms with Crippen molar-refractivity contribution in [1.29, 1.82) is 0 Å². The van der Waals surface area contributed by atoms with Crippen LogP contribution in [0, 0.1) is 5.41 Å². The molecule has 0 spiro atoms. The molecule has 0 aliphatic heterocycles. The molecule has 5 rings (SSSR count). The number of para-hydroxylation sites is 2. The van der Waals surface area contributed by atoms with Gasteiger partial charge in [0.2, 0.25) is 5.91 Å². The summed E-state index contributed by atoms with van der Waals surface area (Å²) in [4.78, 5) is 35.5. The van der Waals surface area contributed by atoms with E-state index in [1.165, 1.54) is 7.11 Å². The number of methoxy groups -OCH3 is 1. The highest BCUT2D eigenvalue weighted by Gasteiger charge is 2.73. The highest BCUT2D eigenvalue weighted by atomic mass is 16.5. The molecule has 31 heavy (non-hydrogen) atoms. The third-order valence-corrected chi connectivity index (χ3v) is 7.90. The molecule has 2 aliphatic rings. The van der Waals surface area contributed by atoms with E-state index in [9.17, 15) is 9.59 Å². The molecule has 1 N–H and O–H groups in total. The van der Waals surface area contributed by atoms with E-state index in [1.807, 2.05) is 24.3 Å². The predicted molar refractivity (Wildman–Crippen MR) is 118 cm³/mol. The van der Waals surface area contributed by atoms with E-state index in [0.29, 0.717) is 11.3 Å². The number of aromatic nitrogens is 2. The molecule has 2 bridgehead atoms. The van der Waals surface area contributed by atoms with Crippen LogP contribution in [0.5, 0.6) is 0 Å².